The van der Waals surface area contributed by atoms with Gasteiger partial charge in [-0.05, 0) is 55.9 Å². The van der Waals surface area contributed by atoms with E-state index in [1.165, 1.54) is 0 Å². The molecule has 0 bridgehead atoms. The first-order valence-corrected chi connectivity index (χ1v) is 10.9. The number of amides is 4. The normalized spacial score (nSPS) is 20.4. The van der Waals surface area contributed by atoms with Crippen LogP contribution in [0.5, 0.6) is 0 Å². The van der Waals surface area contributed by atoms with Crippen molar-refractivity contribution in [2.45, 2.75) is 50.5 Å². The average molecular weight is 433 g/mol. The van der Waals surface area contributed by atoms with E-state index in [-0.39, 0.29) is 18.7 Å². The molecule has 2 N–H and O–H groups in total. The highest BCUT2D eigenvalue weighted by Gasteiger charge is 2.44. The summed E-state index contributed by atoms with van der Waals surface area (Å²) in [5.74, 6) is 0.272. The molecule has 3 aliphatic rings. The third kappa shape index (κ3) is 3.86. The van der Waals surface area contributed by atoms with E-state index in [9.17, 15) is 19.2 Å². The van der Waals surface area contributed by atoms with Crippen LogP contribution >= 0.6 is 0 Å². The molecule has 3 heterocycles. The van der Waals surface area contributed by atoms with Crippen molar-refractivity contribution in [2.75, 3.05) is 11.9 Å². The zero-order valence-corrected chi connectivity index (χ0v) is 17.5. The van der Waals surface area contributed by atoms with Crippen molar-refractivity contribution in [1.29, 1.82) is 0 Å². The van der Waals surface area contributed by atoms with Gasteiger partial charge >= 0.3 is 0 Å². The number of anilines is 1. The van der Waals surface area contributed by atoms with Crippen LogP contribution in [0.15, 0.2) is 30.5 Å². The summed E-state index contributed by atoms with van der Waals surface area (Å²) in [6.07, 6.45) is 5.90. The van der Waals surface area contributed by atoms with Crippen LogP contribution < -0.4 is 10.6 Å². The molecule has 1 unspecified atom stereocenters. The third-order valence-corrected chi connectivity index (χ3v) is 6.07. The second-order valence-electron chi connectivity index (χ2n) is 8.43. The monoisotopic (exact) mass is 433 g/mol. The Morgan fingerprint density at radius 1 is 1.03 bits per heavy atom. The van der Waals surface area contributed by atoms with Gasteiger partial charge < -0.3 is 5.32 Å². The maximum Gasteiger partial charge on any atom is 0.262 e. The molecule has 2 fully saturated rings. The van der Waals surface area contributed by atoms with Crippen LogP contribution in [0.2, 0.25) is 0 Å². The number of nitrogens with one attached hydrogen (secondary N) is 2. The van der Waals surface area contributed by atoms with Crippen LogP contribution in [-0.2, 0) is 16.0 Å². The molecule has 0 radical (unpaired) electrons. The molecule has 1 saturated heterocycles. The quantitative estimate of drug-likeness (QED) is 0.504. The van der Waals surface area contributed by atoms with Gasteiger partial charge in [-0.1, -0.05) is 6.07 Å². The maximum absolute atomic E-state index is 12.9. The SMILES string of the molecule is O=C1CCC(N2C(=O)c3ccc(CCCNc4ccnc(C5CC5)n4)cc3C2=O)C(=O)N1. The summed E-state index contributed by atoms with van der Waals surface area (Å²) in [5.41, 5.74) is 1.56. The Balaban J connectivity index is 1.20. The van der Waals surface area contributed by atoms with Gasteiger partial charge in [0.25, 0.3) is 11.8 Å². The van der Waals surface area contributed by atoms with Crippen molar-refractivity contribution in [3.63, 3.8) is 0 Å². The zero-order chi connectivity index (χ0) is 22.2. The molecule has 1 atom stereocenters. The highest BCUT2D eigenvalue weighted by Crippen LogP contribution is 2.38. The van der Waals surface area contributed by atoms with Gasteiger partial charge in [0, 0.05) is 25.1 Å². The Labute approximate surface area is 184 Å². The highest BCUT2D eigenvalue weighted by atomic mass is 16.2. The van der Waals surface area contributed by atoms with Gasteiger partial charge in [-0.2, -0.15) is 0 Å². The Hall–Kier alpha value is -3.62. The van der Waals surface area contributed by atoms with Gasteiger partial charge in [0.2, 0.25) is 11.8 Å². The van der Waals surface area contributed by atoms with Crippen molar-refractivity contribution >= 4 is 29.4 Å². The van der Waals surface area contributed by atoms with E-state index in [0.717, 1.165) is 47.8 Å². The first kappa shape index (κ1) is 20.3. The first-order valence-electron chi connectivity index (χ1n) is 10.9. The zero-order valence-electron chi connectivity index (χ0n) is 17.5. The molecule has 0 spiro atoms. The van der Waals surface area contributed by atoms with Gasteiger partial charge in [-0.3, -0.25) is 29.4 Å². The molecular weight excluding hydrogens is 410 g/mol. The summed E-state index contributed by atoms with van der Waals surface area (Å²) in [6, 6.07) is 6.14. The average Bonchev–Trinajstić information content (AvgIpc) is 3.60. The van der Waals surface area contributed by atoms with E-state index in [1.54, 1.807) is 18.3 Å². The molecule has 1 saturated carbocycles. The van der Waals surface area contributed by atoms with Crippen LogP contribution in [0.25, 0.3) is 0 Å². The lowest BCUT2D eigenvalue weighted by Gasteiger charge is -2.27. The lowest BCUT2D eigenvalue weighted by atomic mass is 10.0. The summed E-state index contributed by atoms with van der Waals surface area (Å²) >= 11 is 0. The van der Waals surface area contributed by atoms with Crippen LogP contribution in [-0.4, -0.2) is 51.1 Å². The van der Waals surface area contributed by atoms with Crippen LogP contribution in [0.1, 0.15) is 70.1 Å². The molecule has 1 aromatic heterocycles. The molecule has 2 aliphatic heterocycles. The molecule has 32 heavy (non-hydrogen) atoms. The minimum atomic E-state index is -0.943. The maximum atomic E-state index is 12.9. The summed E-state index contributed by atoms with van der Waals surface area (Å²) < 4.78 is 0. The summed E-state index contributed by atoms with van der Waals surface area (Å²) in [6.45, 7) is 0.716. The second-order valence-corrected chi connectivity index (χ2v) is 8.43. The van der Waals surface area contributed by atoms with E-state index >= 15 is 0 Å². The van der Waals surface area contributed by atoms with Gasteiger partial charge in [0.05, 0.1) is 11.1 Å². The Morgan fingerprint density at radius 2 is 1.84 bits per heavy atom. The van der Waals surface area contributed by atoms with E-state index in [4.69, 9.17) is 0 Å². The number of benzene rings is 1. The molecular formula is C23H23N5O4. The third-order valence-electron chi connectivity index (χ3n) is 6.07. The van der Waals surface area contributed by atoms with Gasteiger partial charge in [0.15, 0.2) is 0 Å². The summed E-state index contributed by atoms with van der Waals surface area (Å²) in [7, 11) is 0. The van der Waals surface area contributed by atoms with Crippen molar-refractivity contribution in [2.24, 2.45) is 0 Å². The number of fused-ring (bicyclic) bond motifs is 1. The Morgan fingerprint density at radius 3 is 2.62 bits per heavy atom. The van der Waals surface area contributed by atoms with Gasteiger partial charge in [-0.25, -0.2) is 9.97 Å². The number of aromatic nitrogens is 2. The number of nitrogens with zero attached hydrogens (tertiary/aromatic N) is 3. The highest BCUT2D eigenvalue weighted by molar-refractivity contribution is 6.23. The smallest absolute Gasteiger partial charge is 0.262 e. The van der Waals surface area contributed by atoms with Gasteiger partial charge in [0.1, 0.15) is 17.7 Å². The molecule has 2 aromatic rings. The second kappa shape index (κ2) is 8.14. The fourth-order valence-corrected chi connectivity index (χ4v) is 4.19. The summed E-state index contributed by atoms with van der Waals surface area (Å²) in [4.78, 5) is 59.1. The molecule has 164 valence electrons. The number of rotatable bonds is 7. The largest absolute Gasteiger partial charge is 0.370 e. The molecule has 5 rings (SSSR count). The van der Waals surface area contributed by atoms with Gasteiger partial charge in [-0.15, -0.1) is 0 Å². The topological polar surface area (TPSA) is 121 Å². The van der Waals surface area contributed by atoms with Crippen molar-refractivity contribution in [1.82, 2.24) is 20.2 Å². The Bertz CT molecular complexity index is 1130. The fourth-order valence-electron chi connectivity index (χ4n) is 4.19. The van der Waals surface area contributed by atoms with Crippen LogP contribution in [0.4, 0.5) is 5.82 Å². The number of carbonyl (C=O) groups excluding carboxylic acids is 4. The van der Waals surface area contributed by atoms with E-state index in [0.29, 0.717) is 23.6 Å². The minimum absolute atomic E-state index is 0.108. The fraction of sp³-hybridized carbons (Fsp3) is 0.391. The van der Waals surface area contributed by atoms with E-state index in [2.05, 4.69) is 20.6 Å². The van der Waals surface area contributed by atoms with Crippen molar-refractivity contribution in [3.05, 3.63) is 53.0 Å². The molecule has 1 aromatic carbocycles. The number of hydrogen-bond donors (Lipinski definition) is 2. The predicted octanol–water partition coefficient (Wildman–Crippen LogP) is 1.80. The van der Waals surface area contributed by atoms with Crippen molar-refractivity contribution < 1.29 is 19.2 Å². The summed E-state index contributed by atoms with van der Waals surface area (Å²) in [5, 5.41) is 5.52. The number of aryl methyl sites for hydroxylation is 1. The van der Waals surface area contributed by atoms with Crippen LogP contribution in [0, 0.1) is 0 Å². The number of piperidine rings is 1. The molecule has 1 aliphatic carbocycles. The molecule has 9 nitrogen and oxygen atoms in total. The van der Waals surface area contributed by atoms with Crippen molar-refractivity contribution in [3.8, 4) is 0 Å². The predicted molar refractivity (Wildman–Crippen MR) is 114 cm³/mol. The number of imide groups is 2. The standard InChI is InChI=1S/C23H23N5O4/c29-19-8-7-17(21(30)27-19)28-22(31)15-6-3-13(12-16(15)23(28)32)2-1-10-24-18-9-11-25-20(26-18)14-4-5-14/h3,6,9,11-12,14,17H,1-2,4-5,7-8,10H2,(H,24,25,26)(H,27,29,30). The molecule has 9 heteroatoms. The minimum Gasteiger partial charge on any atom is -0.370 e. The van der Waals surface area contributed by atoms with Crippen LogP contribution in [0.3, 0.4) is 0 Å². The van der Waals surface area contributed by atoms with E-state index in [1.807, 2.05) is 12.1 Å². The lowest BCUT2D eigenvalue weighted by molar-refractivity contribution is -0.136. The molecule has 4 amide bonds. The number of hydrogen-bond acceptors (Lipinski definition) is 7. The van der Waals surface area contributed by atoms with E-state index < -0.39 is 23.8 Å². The lowest BCUT2D eigenvalue weighted by Crippen LogP contribution is -2.54. The Kier molecular flexibility index (Phi) is 5.16. The first-order chi connectivity index (χ1) is 15.5. The number of carbonyl (C=O) groups is 4.